The van der Waals surface area contributed by atoms with Gasteiger partial charge < -0.3 is 14.6 Å². The molecule has 74 valence electrons. The summed E-state index contributed by atoms with van der Waals surface area (Å²) in [4.78, 5) is 8.16. The van der Waals surface area contributed by atoms with E-state index in [0.717, 1.165) is 11.4 Å². The Hall–Kier alpha value is -1.62. The van der Waals surface area contributed by atoms with Crippen molar-refractivity contribution in [1.82, 2.24) is 9.97 Å². The molecule has 0 unspecified atom stereocenters. The molecule has 0 aliphatic carbocycles. The first-order chi connectivity index (χ1) is 6.72. The molecule has 0 spiro atoms. The van der Waals surface area contributed by atoms with Crippen LogP contribution in [0.4, 0.5) is 0 Å². The summed E-state index contributed by atoms with van der Waals surface area (Å²) in [6.07, 6.45) is 1.37. The lowest BCUT2D eigenvalue weighted by Gasteiger charge is -1.89. The fourth-order valence-electron chi connectivity index (χ4n) is 1.22. The van der Waals surface area contributed by atoms with Crippen LogP contribution < -0.4 is 5.73 Å². The predicted octanol–water partition coefficient (Wildman–Crippen LogP) is 1.41. The third-order valence-electron chi connectivity index (χ3n) is 2.02. The summed E-state index contributed by atoms with van der Waals surface area (Å²) in [7, 11) is 0. The summed E-state index contributed by atoms with van der Waals surface area (Å²) in [5.41, 5.74) is 7.02. The fourth-order valence-corrected chi connectivity index (χ4v) is 1.22. The molecule has 2 heterocycles. The highest BCUT2D eigenvalue weighted by atomic mass is 16.4. The van der Waals surface area contributed by atoms with Gasteiger partial charge in [-0.05, 0) is 13.8 Å². The molecular formula is C9H11N3O2. The summed E-state index contributed by atoms with van der Waals surface area (Å²) in [5.74, 6) is 1.68. The molecule has 0 aliphatic heterocycles. The maximum absolute atomic E-state index is 5.48. The minimum atomic E-state index is 0.339. The van der Waals surface area contributed by atoms with Crippen LogP contribution in [0.1, 0.15) is 17.1 Å². The smallest absolute Gasteiger partial charge is 0.265 e. The number of hydrogen-bond donors (Lipinski definition) is 1. The highest BCUT2D eigenvalue weighted by molar-refractivity contribution is 5.47. The van der Waals surface area contributed by atoms with Gasteiger partial charge in [0.15, 0.2) is 6.39 Å². The van der Waals surface area contributed by atoms with Gasteiger partial charge in [-0.15, -0.1) is 0 Å². The van der Waals surface area contributed by atoms with Gasteiger partial charge in [0.2, 0.25) is 5.76 Å². The lowest BCUT2D eigenvalue weighted by atomic mass is 10.4. The molecule has 0 bridgehead atoms. The van der Waals surface area contributed by atoms with Crippen molar-refractivity contribution in [2.24, 2.45) is 5.73 Å². The van der Waals surface area contributed by atoms with Gasteiger partial charge in [0.05, 0.1) is 17.9 Å². The summed E-state index contributed by atoms with van der Waals surface area (Å²) >= 11 is 0. The second-order valence-corrected chi connectivity index (χ2v) is 3.00. The van der Waals surface area contributed by atoms with Crippen LogP contribution >= 0.6 is 0 Å². The van der Waals surface area contributed by atoms with E-state index in [0.29, 0.717) is 24.0 Å². The van der Waals surface area contributed by atoms with E-state index in [9.17, 15) is 0 Å². The number of aryl methyl sites for hydroxylation is 2. The van der Waals surface area contributed by atoms with Crippen LogP contribution in [-0.4, -0.2) is 9.97 Å². The second kappa shape index (κ2) is 3.26. The second-order valence-electron chi connectivity index (χ2n) is 3.00. The molecule has 2 aromatic heterocycles. The van der Waals surface area contributed by atoms with Gasteiger partial charge in [0.1, 0.15) is 5.76 Å². The van der Waals surface area contributed by atoms with Crippen molar-refractivity contribution in [3.8, 4) is 11.7 Å². The van der Waals surface area contributed by atoms with E-state index >= 15 is 0 Å². The highest BCUT2D eigenvalue weighted by Crippen LogP contribution is 2.23. The van der Waals surface area contributed by atoms with Crippen LogP contribution in [0.15, 0.2) is 15.2 Å². The fraction of sp³-hybridized carbons (Fsp3) is 0.333. The minimum Gasteiger partial charge on any atom is -0.438 e. The predicted molar refractivity (Wildman–Crippen MR) is 49.4 cm³/mol. The van der Waals surface area contributed by atoms with E-state index in [4.69, 9.17) is 14.6 Å². The van der Waals surface area contributed by atoms with Crippen LogP contribution in [0.2, 0.25) is 0 Å². The minimum absolute atomic E-state index is 0.339. The first kappa shape index (κ1) is 8.96. The van der Waals surface area contributed by atoms with Gasteiger partial charge in [-0.25, -0.2) is 9.97 Å². The Labute approximate surface area is 81.0 Å². The van der Waals surface area contributed by atoms with Crippen molar-refractivity contribution < 1.29 is 8.83 Å². The Bertz CT molecular complexity index is 445. The van der Waals surface area contributed by atoms with E-state index in [1.807, 2.05) is 13.8 Å². The molecule has 2 aromatic rings. The Balaban J connectivity index is 2.47. The molecule has 5 heteroatoms. The highest BCUT2D eigenvalue weighted by Gasteiger charge is 2.15. The van der Waals surface area contributed by atoms with Crippen molar-refractivity contribution >= 4 is 0 Å². The Morgan fingerprint density at radius 2 is 2.14 bits per heavy atom. The number of nitrogens with two attached hydrogens (primary N) is 1. The maximum atomic E-state index is 5.48. The van der Waals surface area contributed by atoms with E-state index in [1.165, 1.54) is 6.39 Å². The average Bonchev–Trinajstić information content (AvgIpc) is 2.71. The Morgan fingerprint density at radius 1 is 1.36 bits per heavy atom. The Morgan fingerprint density at radius 3 is 2.64 bits per heavy atom. The SMILES string of the molecule is Cc1nc(-c2ocnc2C)oc1CN. The zero-order chi connectivity index (χ0) is 10.1. The van der Waals surface area contributed by atoms with Crippen molar-refractivity contribution in [3.63, 3.8) is 0 Å². The van der Waals surface area contributed by atoms with Crippen molar-refractivity contribution in [1.29, 1.82) is 0 Å². The summed E-state index contributed by atoms with van der Waals surface area (Å²) in [6.45, 7) is 4.02. The largest absolute Gasteiger partial charge is 0.438 e. The molecule has 5 nitrogen and oxygen atoms in total. The molecule has 0 saturated carbocycles. The molecule has 2 N–H and O–H groups in total. The monoisotopic (exact) mass is 193 g/mol. The number of nitrogens with zero attached hydrogens (tertiary/aromatic N) is 2. The molecule has 0 aliphatic rings. The van der Waals surface area contributed by atoms with Crippen molar-refractivity contribution in [2.45, 2.75) is 20.4 Å². The van der Waals surface area contributed by atoms with Crippen LogP contribution in [0, 0.1) is 13.8 Å². The van der Waals surface area contributed by atoms with Gasteiger partial charge in [-0.2, -0.15) is 0 Å². The molecule has 0 radical (unpaired) electrons. The summed E-state index contributed by atoms with van der Waals surface area (Å²) in [6, 6.07) is 0. The van der Waals surface area contributed by atoms with Gasteiger partial charge in [-0.1, -0.05) is 0 Å². The number of rotatable bonds is 2. The number of oxazole rings is 2. The molecule has 0 saturated heterocycles. The maximum Gasteiger partial charge on any atom is 0.265 e. The number of aromatic nitrogens is 2. The third kappa shape index (κ3) is 1.31. The molecule has 0 fully saturated rings. The molecule has 0 amide bonds. The molecule has 0 aromatic carbocycles. The molecule has 2 rings (SSSR count). The van der Waals surface area contributed by atoms with Gasteiger partial charge in [0.25, 0.3) is 5.89 Å². The van der Waals surface area contributed by atoms with Crippen LogP contribution in [-0.2, 0) is 6.54 Å². The first-order valence-electron chi connectivity index (χ1n) is 4.29. The van der Waals surface area contributed by atoms with E-state index in [-0.39, 0.29) is 0 Å². The summed E-state index contributed by atoms with van der Waals surface area (Å²) < 4.78 is 10.6. The van der Waals surface area contributed by atoms with Crippen LogP contribution in [0.3, 0.4) is 0 Å². The van der Waals surface area contributed by atoms with Crippen LogP contribution in [0.25, 0.3) is 11.7 Å². The third-order valence-corrected chi connectivity index (χ3v) is 2.02. The lowest BCUT2D eigenvalue weighted by molar-refractivity contribution is 0.485. The normalized spacial score (nSPS) is 10.8. The topological polar surface area (TPSA) is 78.1 Å². The zero-order valence-electron chi connectivity index (χ0n) is 8.07. The van der Waals surface area contributed by atoms with Gasteiger partial charge in [-0.3, -0.25) is 0 Å². The summed E-state index contributed by atoms with van der Waals surface area (Å²) in [5, 5.41) is 0. The van der Waals surface area contributed by atoms with E-state index in [1.54, 1.807) is 0 Å². The van der Waals surface area contributed by atoms with E-state index in [2.05, 4.69) is 9.97 Å². The van der Waals surface area contributed by atoms with Gasteiger partial charge in [0, 0.05) is 0 Å². The lowest BCUT2D eigenvalue weighted by Crippen LogP contribution is -1.95. The Kier molecular flexibility index (Phi) is 2.09. The molecule has 14 heavy (non-hydrogen) atoms. The standard InChI is InChI=1S/C9H11N3O2/c1-5-7(3-10)14-9(12-5)8-6(2)11-4-13-8/h4H,3,10H2,1-2H3. The average molecular weight is 193 g/mol. The van der Waals surface area contributed by atoms with Crippen molar-refractivity contribution in [2.75, 3.05) is 0 Å². The molecule has 0 atom stereocenters. The van der Waals surface area contributed by atoms with Gasteiger partial charge >= 0.3 is 0 Å². The quantitative estimate of drug-likeness (QED) is 0.780. The van der Waals surface area contributed by atoms with Crippen molar-refractivity contribution in [3.05, 3.63) is 23.5 Å². The first-order valence-corrected chi connectivity index (χ1v) is 4.29. The van der Waals surface area contributed by atoms with Crippen LogP contribution in [0.5, 0.6) is 0 Å². The van der Waals surface area contributed by atoms with E-state index < -0.39 is 0 Å². The zero-order valence-corrected chi connectivity index (χ0v) is 8.07. The number of hydrogen-bond acceptors (Lipinski definition) is 5. The molecular weight excluding hydrogens is 182 g/mol.